The highest BCUT2D eigenvalue weighted by molar-refractivity contribution is 5.82. The van der Waals surface area contributed by atoms with Gasteiger partial charge in [0, 0.05) is 19.1 Å². The Morgan fingerprint density at radius 3 is 2.87 bits per heavy atom. The number of aliphatic hydroxyl groups is 1. The van der Waals surface area contributed by atoms with Gasteiger partial charge in [-0.1, -0.05) is 0 Å². The SMILES string of the molecule is CC1CCCCN1C(=O)[C@H]1C[C@H](O)CN1. The number of likely N-dealkylation sites (tertiary alicyclic amines) is 1. The van der Waals surface area contributed by atoms with Crippen LogP contribution in [0.25, 0.3) is 0 Å². The molecule has 2 fully saturated rings. The van der Waals surface area contributed by atoms with Crippen molar-refractivity contribution in [1.29, 1.82) is 0 Å². The number of piperidine rings is 1. The van der Waals surface area contributed by atoms with Gasteiger partial charge in [0.2, 0.25) is 5.91 Å². The summed E-state index contributed by atoms with van der Waals surface area (Å²) in [6.07, 6.45) is 3.68. The lowest BCUT2D eigenvalue weighted by Gasteiger charge is -2.35. The molecule has 0 radical (unpaired) electrons. The highest BCUT2D eigenvalue weighted by Crippen LogP contribution is 2.19. The Morgan fingerprint density at radius 1 is 1.47 bits per heavy atom. The molecule has 2 aliphatic rings. The van der Waals surface area contributed by atoms with Crippen LogP contribution in [0.5, 0.6) is 0 Å². The van der Waals surface area contributed by atoms with Gasteiger partial charge in [-0.05, 0) is 32.6 Å². The molecular formula is C11H20N2O2. The standard InChI is InChI=1S/C11H20N2O2/c1-8-4-2-3-5-13(8)11(15)10-6-9(14)7-12-10/h8-10,12,14H,2-7H2,1H3/t8?,9-,10+/m0/s1. The molecule has 4 heteroatoms. The third-order valence-electron chi connectivity index (χ3n) is 3.49. The van der Waals surface area contributed by atoms with Gasteiger partial charge in [-0.25, -0.2) is 0 Å². The van der Waals surface area contributed by atoms with E-state index in [0.29, 0.717) is 19.0 Å². The van der Waals surface area contributed by atoms with Crippen LogP contribution in [0.15, 0.2) is 0 Å². The van der Waals surface area contributed by atoms with Crippen LogP contribution in [0.2, 0.25) is 0 Å². The van der Waals surface area contributed by atoms with Gasteiger partial charge in [0.05, 0.1) is 12.1 Å². The summed E-state index contributed by atoms with van der Waals surface area (Å²) in [5.74, 6) is 0.179. The van der Waals surface area contributed by atoms with E-state index in [9.17, 15) is 9.90 Å². The molecule has 2 aliphatic heterocycles. The minimum atomic E-state index is -0.348. The van der Waals surface area contributed by atoms with Crippen molar-refractivity contribution in [3.63, 3.8) is 0 Å². The highest BCUT2D eigenvalue weighted by Gasteiger charge is 2.33. The third kappa shape index (κ3) is 2.32. The van der Waals surface area contributed by atoms with Crippen LogP contribution in [0.3, 0.4) is 0 Å². The molecule has 1 amide bonds. The first-order valence-corrected chi connectivity index (χ1v) is 5.90. The van der Waals surface area contributed by atoms with Crippen LogP contribution >= 0.6 is 0 Å². The van der Waals surface area contributed by atoms with Gasteiger partial charge in [-0.3, -0.25) is 4.79 Å². The summed E-state index contributed by atoms with van der Waals surface area (Å²) in [5, 5.41) is 12.5. The molecule has 0 bridgehead atoms. The van der Waals surface area contributed by atoms with Crippen LogP contribution in [0.1, 0.15) is 32.6 Å². The molecule has 86 valence electrons. The van der Waals surface area contributed by atoms with E-state index >= 15 is 0 Å². The molecule has 3 atom stereocenters. The van der Waals surface area contributed by atoms with Crippen molar-refractivity contribution in [2.45, 2.75) is 50.8 Å². The average molecular weight is 212 g/mol. The summed E-state index contributed by atoms with van der Waals surface area (Å²) in [7, 11) is 0. The number of amides is 1. The van der Waals surface area contributed by atoms with Gasteiger partial charge < -0.3 is 15.3 Å². The molecule has 4 nitrogen and oxygen atoms in total. The number of hydrogen-bond acceptors (Lipinski definition) is 3. The van der Waals surface area contributed by atoms with Crippen molar-refractivity contribution in [3.05, 3.63) is 0 Å². The van der Waals surface area contributed by atoms with Gasteiger partial charge in [-0.2, -0.15) is 0 Å². The predicted molar refractivity (Wildman–Crippen MR) is 57.4 cm³/mol. The fourth-order valence-electron chi connectivity index (χ4n) is 2.53. The summed E-state index contributed by atoms with van der Waals surface area (Å²) >= 11 is 0. The fraction of sp³-hybridized carbons (Fsp3) is 0.909. The number of rotatable bonds is 1. The second-order valence-corrected chi connectivity index (χ2v) is 4.73. The number of carbonyl (C=O) groups is 1. The lowest BCUT2D eigenvalue weighted by Crippen LogP contribution is -2.49. The normalized spacial score (nSPS) is 36.9. The van der Waals surface area contributed by atoms with Crippen LogP contribution in [-0.4, -0.2) is 47.2 Å². The maximum absolute atomic E-state index is 12.1. The van der Waals surface area contributed by atoms with E-state index in [0.717, 1.165) is 19.4 Å². The van der Waals surface area contributed by atoms with Gasteiger partial charge in [0.1, 0.15) is 0 Å². The van der Waals surface area contributed by atoms with Gasteiger partial charge in [-0.15, -0.1) is 0 Å². The molecule has 2 saturated heterocycles. The van der Waals surface area contributed by atoms with Crippen molar-refractivity contribution >= 4 is 5.91 Å². The first-order valence-electron chi connectivity index (χ1n) is 5.90. The summed E-state index contributed by atoms with van der Waals surface area (Å²) in [6.45, 7) is 3.55. The lowest BCUT2D eigenvalue weighted by molar-refractivity contribution is -0.136. The van der Waals surface area contributed by atoms with Crippen molar-refractivity contribution in [2.75, 3.05) is 13.1 Å². The maximum atomic E-state index is 12.1. The summed E-state index contributed by atoms with van der Waals surface area (Å²) < 4.78 is 0. The zero-order chi connectivity index (χ0) is 10.8. The van der Waals surface area contributed by atoms with E-state index in [1.807, 2.05) is 4.90 Å². The Balaban J connectivity index is 1.94. The molecule has 2 rings (SSSR count). The minimum Gasteiger partial charge on any atom is -0.392 e. The molecule has 0 aromatic rings. The van der Waals surface area contributed by atoms with Crippen LogP contribution in [0.4, 0.5) is 0 Å². The molecular weight excluding hydrogens is 192 g/mol. The smallest absolute Gasteiger partial charge is 0.240 e. The molecule has 2 N–H and O–H groups in total. The van der Waals surface area contributed by atoms with E-state index in [2.05, 4.69) is 12.2 Å². The van der Waals surface area contributed by atoms with Gasteiger partial charge in [0.15, 0.2) is 0 Å². The van der Waals surface area contributed by atoms with Gasteiger partial charge in [0.25, 0.3) is 0 Å². The summed E-state index contributed by atoms with van der Waals surface area (Å²) in [4.78, 5) is 14.1. The van der Waals surface area contributed by atoms with E-state index in [-0.39, 0.29) is 18.1 Å². The number of carbonyl (C=O) groups excluding carboxylic acids is 1. The quantitative estimate of drug-likeness (QED) is 0.648. The Kier molecular flexibility index (Phi) is 3.26. The Hall–Kier alpha value is -0.610. The number of nitrogens with one attached hydrogen (secondary N) is 1. The van der Waals surface area contributed by atoms with E-state index in [1.165, 1.54) is 6.42 Å². The topological polar surface area (TPSA) is 52.6 Å². The van der Waals surface area contributed by atoms with Crippen LogP contribution < -0.4 is 5.32 Å². The van der Waals surface area contributed by atoms with Crippen molar-refractivity contribution in [2.24, 2.45) is 0 Å². The second kappa shape index (κ2) is 4.49. The van der Waals surface area contributed by atoms with Crippen molar-refractivity contribution in [1.82, 2.24) is 10.2 Å². The highest BCUT2D eigenvalue weighted by atomic mass is 16.3. The first kappa shape index (κ1) is 10.9. The summed E-state index contributed by atoms with van der Waals surface area (Å²) in [5.41, 5.74) is 0. The number of nitrogens with zero attached hydrogens (tertiary/aromatic N) is 1. The molecule has 0 spiro atoms. The first-order chi connectivity index (χ1) is 7.18. The maximum Gasteiger partial charge on any atom is 0.240 e. The number of β-amino-alcohol motifs (C(OH)–C–C–N with tert-alkyl or cyclic N) is 1. The summed E-state index contributed by atoms with van der Waals surface area (Å²) in [6, 6.07) is 0.214. The molecule has 0 aromatic carbocycles. The molecule has 0 saturated carbocycles. The van der Waals surface area contributed by atoms with Crippen molar-refractivity contribution in [3.8, 4) is 0 Å². The third-order valence-corrected chi connectivity index (χ3v) is 3.49. The largest absolute Gasteiger partial charge is 0.392 e. The van der Waals surface area contributed by atoms with Gasteiger partial charge >= 0.3 is 0 Å². The van der Waals surface area contributed by atoms with Crippen molar-refractivity contribution < 1.29 is 9.90 Å². The fourth-order valence-corrected chi connectivity index (χ4v) is 2.53. The molecule has 2 heterocycles. The molecule has 0 aliphatic carbocycles. The number of aliphatic hydroxyl groups excluding tert-OH is 1. The Bertz CT molecular complexity index is 245. The zero-order valence-electron chi connectivity index (χ0n) is 9.28. The lowest BCUT2D eigenvalue weighted by atomic mass is 10.0. The number of hydrogen-bond donors (Lipinski definition) is 2. The molecule has 1 unspecified atom stereocenters. The molecule has 0 aromatic heterocycles. The average Bonchev–Trinajstić information content (AvgIpc) is 2.65. The monoisotopic (exact) mass is 212 g/mol. The minimum absolute atomic E-state index is 0.152. The van der Waals surface area contributed by atoms with Crippen LogP contribution in [0, 0.1) is 0 Å². The van der Waals surface area contributed by atoms with E-state index in [1.54, 1.807) is 0 Å². The second-order valence-electron chi connectivity index (χ2n) is 4.73. The Morgan fingerprint density at radius 2 is 2.27 bits per heavy atom. The van der Waals surface area contributed by atoms with Crippen LogP contribution in [-0.2, 0) is 4.79 Å². The Labute approximate surface area is 90.6 Å². The van der Waals surface area contributed by atoms with E-state index in [4.69, 9.17) is 0 Å². The zero-order valence-corrected chi connectivity index (χ0v) is 9.28. The van der Waals surface area contributed by atoms with E-state index < -0.39 is 0 Å². The predicted octanol–water partition coefficient (Wildman–Crippen LogP) is 0.110. The molecule has 15 heavy (non-hydrogen) atoms.